The highest BCUT2D eigenvalue weighted by Gasteiger charge is 2.46. The lowest BCUT2D eigenvalue weighted by Gasteiger charge is -2.32. The third-order valence-corrected chi connectivity index (χ3v) is 6.27. The summed E-state index contributed by atoms with van der Waals surface area (Å²) in [6.07, 6.45) is 2.68. The van der Waals surface area contributed by atoms with Gasteiger partial charge in [0.15, 0.2) is 0 Å². The predicted molar refractivity (Wildman–Crippen MR) is 102 cm³/mol. The second kappa shape index (κ2) is 7.50. The molecule has 1 saturated carbocycles. The van der Waals surface area contributed by atoms with Crippen LogP contribution in [0, 0.1) is 5.92 Å². The average molecular weight is 369 g/mol. The molecule has 2 heterocycles. The summed E-state index contributed by atoms with van der Waals surface area (Å²) in [6, 6.07) is 14.4. The van der Waals surface area contributed by atoms with Crippen LogP contribution in [0.5, 0.6) is 0 Å². The van der Waals surface area contributed by atoms with Crippen LogP contribution in [0.3, 0.4) is 0 Å². The number of rotatable bonds is 5. The minimum Gasteiger partial charge on any atom is -0.348 e. The third kappa shape index (κ3) is 3.60. The van der Waals surface area contributed by atoms with Crippen molar-refractivity contribution in [1.82, 2.24) is 15.5 Å². The summed E-state index contributed by atoms with van der Waals surface area (Å²) < 4.78 is 0. The number of nitrogens with zero attached hydrogens (tertiary/aromatic N) is 1. The first-order valence-corrected chi connectivity index (χ1v) is 10.0. The Hall–Kier alpha value is -2.34. The van der Waals surface area contributed by atoms with E-state index in [1.807, 2.05) is 40.6 Å². The summed E-state index contributed by atoms with van der Waals surface area (Å²) in [6.45, 7) is 1.38. The number of carbonyl (C=O) groups is 2. The van der Waals surface area contributed by atoms with Crippen LogP contribution in [0.2, 0.25) is 0 Å². The van der Waals surface area contributed by atoms with Crippen molar-refractivity contribution in [2.75, 3.05) is 13.1 Å². The topological polar surface area (TPSA) is 61.4 Å². The van der Waals surface area contributed by atoms with Gasteiger partial charge in [0.1, 0.15) is 0 Å². The standard InChI is InChI=1S/C20H23N3O2S/c24-19(18-7-4-10-26-18)22-17-12-16-11-15(17)13-23(16)20(25)21-9-8-14-5-2-1-3-6-14/h1-7,10,15-17H,8-9,11-13H2,(H,21,25)(H,22,24)/t15-,16-,17-/m0/s1. The van der Waals surface area contributed by atoms with Crippen LogP contribution in [-0.4, -0.2) is 42.0 Å². The molecule has 4 rings (SSSR count). The zero-order valence-electron chi connectivity index (χ0n) is 14.6. The summed E-state index contributed by atoms with van der Waals surface area (Å²) in [7, 11) is 0. The molecule has 1 aliphatic heterocycles. The van der Waals surface area contributed by atoms with E-state index in [9.17, 15) is 9.59 Å². The molecule has 3 amide bonds. The molecule has 6 heteroatoms. The third-order valence-electron chi connectivity index (χ3n) is 5.40. The van der Waals surface area contributed by atoms with E-state index in [0.717, 1.165) is 30.7 Å². The van der Waals surface area contributed by atoms with Gasteiger partial charge in [-0.05, 0) is 42.2 Å². The molecular weight excluding hydrogens is 346 g/mol. The number of fused-ring (bicyclic) bond motifs is 2. The second-order valence-electron chi connectivity index (χ2n) is 7.06. The van der Waals surface area contributed by atoms with E-state index in [4.69, 9.17) is 0 Å². The van der Waals surface area contributed by atoms with E-state index in [0.29, 0.717) is 12.5 Å². The number of amides is 3. The molecule has 0 radical (unpaired) electrons. The first-order valence-electron chi connectivity index (χ1n) is 9.13. The Morgan fingerprint density at radius 2 is 1.96 bits per heavy atom. The Morgan fingerprint density at radius 1 is 1.12 bits per heavy atom. The highest BCUT2D eigenvalue weighted by Crippen LogP contribution is 2.38. The Morgan fingerprint density at radius 3 is 2.65 bits per heavy atom. The van der Waals surface area contributed by atoms with Crippen molar-refractivity contribution in [1.29, 1.82) is 0 Å². The molecule has 1 aromatic heterocycles. The maximum absolute atomic E-state index is 12.5. The van der Waals surface area contributed by atoms with Gasteiger partial charge in [-0.1, -0.05) is 36.4 Å². The molecule has 5 nitrogen and oxygen atoms in total. The van der Waals surface area contributed by atoms with Crippen molar-refractivity contribution in [2.24, 2.45) is 5.92 Å². The van der Waals surface area contributed by atoms with Crippen LogP contribution < -0.4 is 10.6 Å². The van der Waals surface area contributed by atoms with Gasteiger partial charge in [0.05, 0.1) is 4.88 Å². The van der Waals surface area contributed by atoms with E-state index in [-0.39, 0.29) is 24.0 Å². The van der Waals surface area contributed by atoms with Gasteiger partial charge >= 0.3 is 6.03 Å². The fourth-order valence-corrected chi connectivity index (χ4v) is 4.71. The van der Waals surface area contributed by atoms with Crippen molar-refractivity contribution in [3.05, 3.63) is 58.3 Å². The number of hydrogen-bond donors (Lipinski definition) is 2. The summed E-state index contributed by atoms with van der Waals surface area (Å²) in [5, 5.41) is 8.10. The molecular formula is C20H23N3O2S. The lowest BCUT2D eigenvalue weighted by atomic mass is 10.0. The Kier molecular flexibility index (Phi) is 4.93. The van der Waals surface area contributed by atoms with Crippen molar-refractivity contribution in [2.45, 2.75) is 31.3 Å². The maximum atomic E-state index is 12.5. The highest BCUT2D eigenvalue weighted by atomic mass is 32.1. The van der Waals surface area contributed by atoms with Crippen molar-refractivity contribution >= 4 is 23.3 Å². The summed E-state index contributed by atoms with van der Waals surface area (Å²) in [4.78, 5) is 27.4. The average Bonchev–Trinajstić information content (AvgIpc) is 3.39. The zero-order chi connectivity index (χ0) is 17.9. The van der Waals surface area contributed by atoms with Crippen molar-refractivity contribution in [3.63, 3.8) is 0 Å². The molecule has 0 unspecified atom stereocenters. The lowest BCUT2D eigenvalue weighted by molar-refractivity contribution is 0.0918. The Balaban J connectivity index is 1.24. The monoisotopic (exact) mass is 369 g/mol. The van der Waals surface area contributed by atoms with Gasteiger partial charge in [-0.25, -0.2) is 4.79 Å². The van der Waals surface area contributed by atoms with Crippen LogP contribution in [-0.2, 0) is 6.42 Å². The van der Waals surface area contributed by atoms with Crippen LogP contribution in [0.15, 0.2) is 47.8 Å². The molecule has 1 aliphatic carbocycles. The summed E-state index contributed by atoms with van der Waals surface area (Å²) >= 11 is 1.46. The number of carbonyl (C=O) groups excluding carboxylic acids is 2. The molecule has 2 aromatic rings. The van der Waals surface area contributed by atoms with Gasteiger partial charge < -0.3 is 15.5 Å². The fourth-order valence-electron chi connectivity index (χ4n) is 4.09. The van der Waals surface area contributed by atoms with E-state index in [1.54, 1.807) is 0 Å². The normalized spacial score (nSPS) is 23.8. The van der Waals surface area contributed by atoms with Crippen molar-refractivity contribution < 1.29 is 9.59 Å². The number of thiophene rings is 1. The van der Waals surface area contributed by atoms with Gasteiger partial charge in [-0.3, -0.25) is 4.79 Å². The number of likely N-dealkylation sites (tertiary alicyclic amines) is 1. The smallest absolute Gasteiger partial charge is 0.317 e. The minimum atomic E-state index is 0.0106. The fraction of sp³-hybridized carbons (Fsp3) is 0.400. The molecule has 3 atom stereocenters. The number of nitrogens with one attached hydrogen (secondary N) is 2. The van der Waals surface area contributed by atoms with E-state index in [1.165, 1.54) is 16.9 Å². The van der Waals surface area contributed by atoms with Crippen LogP contribution >= 0.6 is 11.3 Å². The first-order chi connectivity index (χ1) is 12.7. The molecule has 1 saturated heterocycles. The number of benzene rings is 1. The first kappa shape index (κ1) is 17.1. The van der Waals surface area contributed by atoms with Crippen molar-refractivity contribution in [3.8, 4) is 0 Å². The Bertz CT molecular complexity index is 763. The molecule has 2 N–H and O–H groups in total. The zero-order valence-corrected chi connectivity index (χ0v) is 15.4. The van der Waals surface area contributed by atoms with Gasteiger partial charge in [-0.15, -0.1) is 11.3 Å². The number of piperidine rings is 1. The molecule has 2 aliphatic rings. The van der Waals surface area contributed by atoms with E-state index < -0.39 is 0 Å². The van der Waals surface area contributed by atoms with Crippen LogP contribution in [0.1, 0.15) is 28.1 Å². The largest absolute Gasteiger partial charge is 0.348 e. The molecule has 1 aromatic carbocycles. The molecule has 0 spiro atoms. The molecule has 26 heavy (non-hydrogen) atoms. The molecule has 2 bridgehead atoms. The minimum absolute atomic E-state index is 0.0106. The quantitative estimate of drug-likeness (QED) is 0.851. The van der Waals surface area contributed by atoms with Crippen LogP contribution in [0.25, 0.3) is 0 Å². The number of urea groups is 1. The van der Waals surface area contributed by atoms with Gasteiger partial charge in [-0.2, -0.15) is 0 Å². The second-order valence-corrected chi connectivity index (χ2v) is 8.01. The predicted octanol–water partition coefficient (Wildman–Crippen LogP) is 2.89. The van der Waals surface area contributed by atoms with E-state index in [2.05, 4.69) is 22.8 Å². The van der Waals surface area contributed by atoms with Gasteiger partial charge in [0, 0.05) is 25.2 Å². The Labute approximate surface area is 157 Å². The number of hydrogen-bond acceptors (Lipinski definition) is 3. The van der Waals surface area contributed by atoms with Gasteiger partial charge in [0.2, 0.25) is 0 Å². The van der Waals surface area contributed by atoms with Crippen LogP contribution in [0.4, 0.5) is 4.79 Å². The van der Waals surface area contributed by atoms with Gasteiger partial charge in [0.25, 0.3) is 5.91 Å². The lowest BCUT2D eigenvalue weighted by Crippen LogP contribution is -2.50. The highest BCUT2D eigenvalue weighted by molar-refractivity contribution is 7.12. The maximum Gasteiger partial charge on any atom is 0.317 e. The molecule has 136 valence electrons. The summed E-state index contributed by atoms with van der Waals surface area (Å²) in [5.74, 6) is 0.375. The van der Waals surface area contributed by atoms with E-state index >= 15 is 0 Å². The molecule has 2 fully saturated rings. The summed E-state index contributed by atoms with van der Waals surface area (Å²) in [5.41, 5.74) is 1.23. The SMILES string of the molecule is O=C(N[C@H]1C[C@@H]2C[C@H]1CN2C(=O)NCCc1ccccc1)c1cccs1.